The van der Waals surface area contributed by atoms with Gasteiger partial charge in [-0.1, -0.05) is 83.9 Å². The van der Waals surface area contributed by atoms with Crippen molar-refractivity contribution in [1.29, 1.82) is 0 Å². The number of hydrogen-bond acceptors (Lipinski definition) is 3. The van der Waals surface area contributed by atoms with E-state index < -0.39 is 6.09 Å². The zero-order valence-corrected chi connectivity index (χ0v) is 17.0. The summed E-state index contributed by atoms with van der Waals surface area (Å²) in [5.74, 6) is 0.0386. The largest absolute Gasteiger partial charge is 0.449 e. The van der Waals surface area contributed by atoms with E-state index in [0.29, 0.717) is 15.7 Å². The van der Waals surface area contributed by atoms with Gasteiger partial charge in [-0.15, -0.1) is 0 Å². The molecule has 4 rings (SSSR count). The predicted molar refractivity (Wildman–Crippen MR) is 116 cm³/mol. The van der Waals surface area contributed by atoms with Crippen LogP contribution in [0.25, 0.3) is 17.2 Å². The van der Waals surface area contributed by atoms with E-state index in [2.05, 4.69) is 34.6 Å². The van der Waals surface area contributed by atoms with Crippen molar-refractivity contribution in [3.63, 3.8) is 0 Å². The van der Waals surface area contributed by atoms with Crippen LogP contribution in [0.15, 0.2) is 66.9 Å². The molecule has 0 atom stereocenters. The number of rotatable bonds is 5. The van der Waals surface area contributed by atoms with E-state index in [1.54, 1.807) is 18.2 Å². The monoisotopic (exact) mass is 424 g/mol. The van der Waals surface area contributed by atoms with Gasteiger partial charge in [0.15, 0.2) is 0 Å². The molecule has 0 fully saturated rings. The second-order valence-corrected chi connectivity index (χ2v) is 7.37. The minimum absolute atomic E-state index is 0.0386. The predicted octanol–water partition coefficient (Wildman–Crippen LogP) is 5.94. The molecule has 6 heteroatoms. The molecule has 1 aliphatic rings. The number of halogens is 2. The molecule has 1 N–H and O–H groups in total. The van der Waals surface area contributed by atoms with E-state index in [1.165, 1.54) is 28.5 Å². The lowest BCUT2D eigenvalue weighted by atomic mass is 9.98. The molecule has 0 saturated heterocycles. The number of hydrogen-bond donors (Lipinski definition) is 1. The summed E-state index contributed by atoms with van der Waals surface area (Å²) in [6, 6.07) is 18.1. The lowest BCUT2D eigenvalue weighted by Crippen LogP contribution is -2.26. The van der Waals surface area contributed by atoms with Gasteiger partial charge in [0.1, 0.15) is 11.8 Å². The first-order valence-electron chi connectivity index (χ1n) is 9.20. The Morgan fingerprint density at radius 1 is 1.03 bits per heavy atom. The highest BCUT2D eigenvalue weighted by Crippen LogP contribution is 2.44. The molecule has 1 aromatic heterocycles. The molecule has 1 heterocycles. The summed E-state index contributed by atoms with van der Waals surface area (Å²) in [5.41, 5.74) is 5.38. The number of carbonyl (C=O) groups is 1. The molecule has 0 bridgehead atoms. The third-order valence-corrected chi connectivity index (χ3v) is 5.51. The first kappa shape index (κ1) is 19.5. The van der Waals surface area contributed by atoms with Crippen LogP contribution in [-0.4, -0.2) is 24.2 Å². The maximum atomic E-state index is 12.1. The van der Waals surface area contributed by atoms with Crippen molar-refractivity contribution in [1.82, 2.24) is 10.3 Å². The van der Waals surface area contributed by atoms with Crippen LogP contribution in [0, 0.1) is 0 Å². The van der Waals surface area contributed by atoms with Gasteiger partial charge < -0.3 is 10.1 Å². The van der Waals surface area contributed by atoms with Gasteiger partial charge in [0.05, 0.1) is 5.02 Å². The molecular weight excluding hydrogens is 407 g/mol. The number of alkyl carbamates (subject to hydrolysis) is 1. The van der Waals surface area contributed by atoms with Crippen molar-refractivity contribution in [2.24, 2.45) is 0 Å². The second kappa shape index (κ2) is 8.68. The number of pyridine rings is 1. The number of nitrogens with zero attached hydrogens (tertiary/aromatic N) is 1. The van der Waals surface area contributed by atoms with E-state index in [4.69, 9.17) is 27.9 Å². The van der Waals surface area contributed by atoms with Crippen molar-refractivity contribution in [2.45, 2.75) is 5.92 Å². The van der Waals surface area contributed by atoms with E-state index in [9.17, 15) is 4.79 Å². The van der Waals surface area contributed by atoms with Crippen LogP contribution >= 0.6 is 23.2 Å². The van der Waals surface area contributed by atoms with Crippen LogP contribution in [-0.2, 0) is 4.74 Å². The summed E-state index contributed by atoms with van der Waals surface area (Å²) in [6.07, 6.45) is 4.54. The number of amides is 1. The van der Waals surface area contributed by atoms with Gasteiger partial charge in [-0.05, 0) is 28.3 Å². The summed E-state index contributed by atoms with van der Waals surface area (Å²) in [5, 5.41) is 3.53. The van der Waals surface area contributed by atoms with Crippen molar-refractivity contribution in [2.75, 3.05) is 13.2 Å². The lowest BCUT2D eigenvalue weighted by molar-refractivity contribution is 0.144. The second-order valence-electron chi connectivity index (χ2n) is 6.61. The topological polar surface area (TPSA) is 51.2 Å². The fourth-order valence-electron chi connectivity index (χ4n) is 3.54. The molecule has 0 aliphatic heterocycles. The van der Waals surface area contributed by atoms with Crippen molar-refractivity contribution in [3.05, 3.63) is 93.7 Å². The molecule has 2 aromatic carbocycles. The fraction of sp³-hybridized carbons (Fsp3) is 0.130. The van der Waals surface area contributed by atoms with E-state index in [0.717, 1.165) is 0 Å². The zero-order chi connectivity index (χ0) is 20.2. The molecule has 146 valence electrons. The summed E-state index contributed by atoms with van der Waals surface area (Å²) >= 11 is 12.1. The Hall–Kier alpha value is -2.82. The maximum absolute atomic E-state index is 12.1. The van der Waals surface area contributed by atoms with Crippen LogP contribution in [0.5, 0.6) is 0 Å². The van der Waals surface area contributed by atoms with Crippen molar-refractivity contribution < 1.29 is 9.53 Å². The highest BCUT2D eigenvalue weighted by molar-refractivity contribution is 6.36. The Kier molecular flexibility index (Phi) is 5.84. The lowest BCUT2D eigenvalue weighted by Gasteiger charge is -2.14. The summed E-state index contributed by atoms with van der Waals surface area (Å²) in [6.45, 7) is 0.571. The molecule has 29 heavy (non-hydrogen) atoms. The normalized spacial score (nSPS) is 12.6. The molecule has 4 nitrogen and oxygen atoms in total. The summed E-state index contributed by atoms with van der Waals surface area (Å²) in [4.78, 5) is 16.1. The minimum atomic E-state index is -0.472. The van der Waals surface area contributed by atoms with Gasteiger partial charge >= 0.3 is 6.09 Å². The van der Waals surface area contributed by atoms with Crippen LogP contribution < -0.4 is 5.32 Å². The number of carbonyl (C=O) groups excluding carboxylic acids is 1. The zero-order valence-electron chi connectivity index (χ0n) is 15.4. The van der Waals surface area contributed by atoms with Gasteiger partial charge in [0, 0.05) is 24.2 Å². The Morgan fingerprint density at radius 3 is 2.34 bits per heavy atom. The van der Waals surface area contributed by atoms with Crippen LogP contribution in [0.2, 0.25) is 10.2 Å². The van der Waals surface area contributed by atoms with Crippen LogP contribution in [0.1, 0.15) is 22.6 Å². The number of fused-ring (bicyclic) bond motifs is 3. The molecule has 1 aliphatic carbocycles. The number of ether oxygens (including phenoxy) is 1. The smallest absolute Gasteiger partial charge is 0.407 e. The van der Waals surface area contributed by atoms with Gasteiger partial charge in [-0.25, -0.2) is 9.78 Å². The average Bonchev–Trinajstić information content (AvgIpc) is 3.05. The van der Waals surface area contributed by atoms with Crippen LogP contribution in [0.4, 0.5) is 4.79 Å². The first-order valence-corrected chi connectivity index (χ1v) is 9.96. The van der Waals surface area contributed by atoms with Crippen molar-refractivity contribution in [3.8, 4) is 11.1 Å². The fourth-order valence-corrected chi connectivity index (χ4v) is 4.02. The third kappa shape index (κ3) is 4.14. The molecule has 3 aromatic rings. The molecule has 0 unspecified atom stereocenters. The number of aromatic nitrogens is 1. The van der Waals surface area contributed by atoms with Gasteiger partial charge in [0.25, 0.3) is 0 Å². The van der Waals surface area contributed by atoms with E-state index in [-0.39, 0.29) is 19.1 Å². The first-order chi connectivity index (χ1) is 14.1. The molecule has 1 amide bonds. The molecule has 0 spiro atoms. The SMILES string of the molecule is O=C(NCC=Cc1c(Cl)ccnc1Cl)OCC1c2ccccc2-c2ccccc21. The van der Waals surface area contributed by atoms with Crippen molar-refractivity contribution >= 4 is 35.4 Å². The van der Waals surface area contributed by atoms with Gasteiger partial charge in [-0.3, -0.25) is 0 Å². The highest BCUT2D eigenvalue weighted by atomic mass is 35.5. The molecule has 0 radical (unpaired) electrons. The van der Waals surface area contributed by atoms with Gasteiger partial charge in [-0.2, -0.15) is 0 Å². The van der Waals surface area contributed by atoms with Crippen LogP contribution in [0.3, 0.4) is 0 Å². The summed E-state index contributed by atoms with van der Waals surface area (Å²) in [7, 11) is 0. The maximum Gasteiger partial charge on any atom is 0.407 e. The number of benzene rings is 2. The Labute approximate surface area is 179 Å². The van der Waals surface area contributed by atoms with E-state index >= 15 is 0 Å². The standard InChI is InChI=1S/C23H18Cl2N2O2/c24-21-11-13-26-22(25)19(21)10-5-12-27-23(28)29-14-20-17-8-3-1-6-15(17)16-7-2-4-9-18(16)20/h1-11,13,20H,12,14H2,(H,27,28). The Bertz CT molecular complexity index is 1020. The Balaban J connectivity index is 1.35. The number of nitrogens with one attached hydrogen (secondary N) is 1. The van der Waals surface area contributed by atoms with Gasteiger partial charge in [0.2, 0.25) is 0 Å². The molecular formula is C23H18Cl2N2O2. The third-order valence-electron chi connectivity index (χ3n) is 4.88. The van der Waals surface area contributed by atoms with E-state index in [1.807, 2.05) is 24.3 Å². The average molecular weight is 425 g/mol. The Morgan fingerprint density at radius 2 is 1.69 bits per heavy atom. The quantitative estimate of drug-likeness (QED) is 0.515. The summed E-state index contributed by atoms with van der Waals surface area (Å²) < 4.78 is 5.49. The minimum Gasteiger partial charge on any atom is -0.449 e. The molecule has 0 saturated carbocycles. The highest BCUT2D eigenvalue weighted by Gasteiger charge is 2.28.